The smallest absolute Gasteiger partial charge is 0.372 e. The number of hydrogen-bond acceptors (Lipinski definition) is 2. The molecule has 0 amide bonds. The molecule has 18 heavy (non-hydrogen) atoms. The number of halogens is 3. The van der Waals surface area contributed by atoms with E-state index < -0.39 is 12.8 Å². The van der Waals surface area contributed by atoms with Gasteiger partial charge in [0.1, 0.15) is 6.61 Å². The van der Waals surface area contributed by atoms with Crippen molar-refractivity contribution in [2.75, 3.05) is 19.8 Å². The van der Waals surface area contributed by atoms with Crippen molar-refractivity contribution < 1.29 is 17.9 Å². The van der Waals surface area contributed by atoms with E-state index in [4.69, 9.17) is 0 Å². The first-order chi connectivity index (χ1) is 8.49. The Labute approximate surface area is 105 Å². The Kier molecular flexibility index (Phi) is 6.15. The normalized spacial score (nSPS) is 13.6. The molecule has 0 unspecified atom stereocenters. The summed E-state index contributed by atoms with van der Waals surface area (Å²) in [5.41, 5.74) is 1.16. The molecule has 0 aromatic heterocycles. The predicted octanol–water partition coefficient (Wildman–Crippen LogP) is 3.31. The van der Waals surface area contributed by atoms with E-state index in [1.807, 2.05) is 37.3 Å². The number of benzene rings is 1. The molecule has 0 saturated heterocycles. The van der Waals surface area contributed by atoms with Crippen LogP contribution < -0.4 is 5.32 Å². The average molecular weight is 261 g/mol. The van der Waals surface area contributed by atoms with Crippen molar-refractivity contribution >= 4 is 0 Å². The van der Waals surface area contributed by atoms with Gasteiger partial charge in [0.2, 0.25) is 0 Å². The summed E-state index contributed by atoms with van der Waals surface area (Å²) in [5.74, 6) is 0. The van der Waals surface area contributed by atoms with Crippen molar-refractivity contribution in [2.45, 2.75) is 25.6 Å². The number of alkyl halides is 3. The van der Waals surface area contributed by atoms with Crippen LogP contribution in [-0.4, -0.2) is 25.9 Å². The van der Waals surface area contributed by atoms with Crippen LogP contribution in [0.25, 0.3) is 0 Å². The topological polar surface area (TPSA) is 21.3 Å². The number of ether oxygens (including phenoxy) is 1. The first kappa shape index (κ1) is 15.0. The average Bonchev–Trinajstić information content (AvgIpc) is 2.33. The van der Waals surface area contributed by atoms with Crippen LogP contribution in [0.15, 0.2) is 30.3 Å². The summed E-state index contributed by atoms with van der Waals surface area (Å²) in [6.45, 7) is 1.61. The Morgan fingerprint density at radius 1 is 1.22 bits per heavy atom. The molecule has 1 rings (SSSR count). The molecule has 0 aliphatic heterocycles. The summed E-state index contributed by atoms with van der Waals surface area (Å²) in [4.78, 5) is 0. The lowest BCUT2D eigenvalue weighted by atomic mass is 10.1. The van der Waals surface area contributed by atoms with Gasteiger partial charge in [-0.25, -0.2) is 0 Å². The highest BCUT2D eigenvalue weighted by Gasteiger charge is 2.27. The Balaban J connectivity index is 2.08. The second-order valence-corrected chi connectivity index (χ2v) is 4.11. The quantitative estimate of drug-likeness (QED) is 0.760. The molecule has 0 bridgehead atoms. The molecule has 0 fully saturated rings. The van der Waals surface area contributed by atoms with Crippen molar-refractivity contribution in [2.24, 2.45) is 0 Å². The Morgan fingerprint density at radius 3 is 2.50 bits per heavy atom. The maximum atomic E-state index is 11.8. The van der Waals surface area contributed by atoms with Crippen molar-refractivity contribution in [1.29, 1.82) is 0 Å². The van der Waals surface area contributed by atoms with E-state index in [1.54, 1.807) is 0 Å². The van der Waals surface area contributed by atoms with E-state index in [0.29, 0.717) is 13.0 Å². The molecule has 1 aromatic carbocycles. The van der Waals surface area contributed by atoms with E-state index in [9.17, 15) is 13.2 Å². The molecule has 2 nitrogen and oxygen atoms in total. The van der Waals surface area contributed by atoms with Gasteiger partial charge in [-0.3, -0.25) is 0 Å². The van der Waals surface area contributed by atoms with E-state index in [0.717, 1.165) is 5.56 Å². The maximum absolute atomic E-state index is 11.8. The molecule has 1 atom stereocenters. The van der Waals surface area contributed by atoms with Crippen LogP contribution in [0, 0.1) is 0 Å². The Hall–Kier alpha value is -1.07. The molecule has 0 aliphatic rings. The first-order valence-corrected chi connectivity index (χ1v) is 5.92. The highest BCUT2D eigenvalue weighted by molar-refractivity contribution is 5.17. The van der Waals surface area contributed by atoms with Crippen LogP contribution in [0.1, 0.15) is 24.9 Å². The van der Waals surface area contributed by atoms with Crippen molar-refractivity contribution in [3.05, 3.63) is 35.9 Å². The summed E-state index contributed by atoms with van der Waals surface area (Å²) in [7, 11) is 0. The molecule has 0 aliphatic carbocycles. The van der Waals surface area contributed by atoms with Gasteiger partial charge in [-0.1, -0.05) is 30.3 Å². The fraction of sp³-hybridized carbons (Fsp3) is 0.538. The maximum Gasteiger partial charge on any atom is 0.411 e. The summed E-state index contributed by atoms with van der Waals surface area (Å²) < 4.78 is 39.8. The first-order valence-electron chi connectivity index (χ1n) is 5.92. The van der Waals surface area contributed by atoms with Gasteiger partial charge in [0.05, 0.1) is 0 Å². The van der Waals surface area contributed by atoms with Crippen molar-refractivity contribution in [1.82, 2.24) is 5.32 Å². The van der Waals surface area contributed by atoms with Crippen LogP contribution in [-0.2, 0) is 4.74 Å². The molecular weight excluding hydrogens is 243 g/mol. The predicted molar refractivity (Wildman–Crippen MR) is 64.4 cm³/mol. The fourth-order valence-electron chi connectivity index (χ4n) is 1.54. The Bertz CT molecular complexity index is 327. The summed E-state index contributed by atoms with van der Waals surface area (Å²) in [6.07, 6.45) is -3.67. The zero-order chi connectivity index (χ0) is 13.4. The van der Waals surface area contributed by atoms with Gasteiger partial charge in [0, 0.05) is 12.6 Å². The molecule has 0 saturated carbocycles. The Morgan fingerprint density at radius 2 is 1.89 bits per heavy atom. The molecule has 0 spiro atoms. The summed E-state index contributed by atoms with van der Waals surface area (Å²) >= 11 is 0. The van der Waals surface area contributed by atoms with Crippen LogP contribution in [0.2, 0.25) is 0 Å². The number of nitrogens with one attached hydrogen (secondary N) is 1. The molecule has 0 radical (unpaired) electrons. The van der Waals surface area contributed by atoms with Gasteiger partial charge in [-0.05, 0) is 25.5 Å². The minimum atomic E-state index is -4.23. The van der Waals surface area contributed by atoms with Gasteiger partial charge in [0.25, 0.3) is 0 Å². The third kappa shape index (κ3) is 6.61. The minimum absolute atomic E-state index is 0.119. The third-order valence-corrected chi connectivity index (χ3v) is 2.48. The highest BCUT2D eigenvalue weighted by atomic mass is 19.4. The van der Waals surface area contributed by atoms with Crippen molar-refractivity contribution in [3.8, 4) is 0 Å². The second kappa shape index (κ2) is 7.38. The van der Waals surface area contributed by atoms with E-state index >= 15 is 0 Å². The molecule has 1 N–H and O–H groups in total. The van der Waals surface area contributed by atoms with Crippen LogP contribution in [0.4, 0.5) is 13.2 Å². The standard InChI is InChI=1S/C13H18F3NO/c1-11(12-6-3-2-4-7-12)17-8-5-9-18-10-13(14,15)16/h2-4,6-7,11,17H,5,8-10H2,1H3/t11-/m0/s1. The van der Waals surface area contributed by atoms with E-state index in [1.165, 1.54) is 0 Å². The molecule has 1 aromatic rings. The van der Waals surface area contributed by atoms with Crippen molar-refractivity contribution in [3.63, 3.8) is 0 Å². The van der Waals surface area contributed by atoms with E-state index in [-0.39, 0.29) is 12.6 Å². The van der Waals surface area contributed by atoms with Crippen LogP contribution in [0.5, 0.6) is 0 Å². The highest BCUT2D eigenvalue weighted by Crippen LogP contribution is 2.14. The SMILES string of the molecule is C[C@H](NCCCOCC(F)(F)F)c1ccccc1. The largest absolute Gasteiger partial charge is 0.411 e. The molecule has 5 heteroatoms. The zero-order valence-corrected chi connectivity index (χ0v) is 10.3. The molecule has 102 valence electrons. The summed E-state index contributed by atoms with van der Waals surface area (Å²) in [5, 5.41) is 3.24. The monoisotopic (exact) mass is 261 g/mol. The minimum Gasteiger partial charge on any atom is -0.372 e. The lowest BCUT2D eigenvalue weighted by Crippen LogP contribution is -2.22. The molecule has 0 heterocycles. The lowest BCUT2D eigenvalue weighted by Gasteiger charge is -2.14. The zero-order valence-electron chi connectivity index (χ0n) is 10.3. The molecular formula is C13H18F3NO. The van der Waals surface area contributed by atoms with Crippen LogP contribution >= 0.6 is 0 Å². The van der Waals surface area contributed by atoms with Gasteiger partial charge in [0.15, 0.2) is 0 Å². The van der Waals surface area contributed by atoms with Gasteiger partial charge in [-0.2, -0.15) is 13.2 Å². The summed E-state index contributed by atoms with van der Waals surface area (Å²) in [6, 6.07) is 10.1. The lowest BCUT2D eigenvalue weighted by molar-refractivity contribution is -0.173. The number of hydrogen-bond donors (Lipinski definition) is 1. The van der Waals surface area contributed by atoms with E-state index in [2.05, 4.69) is 10.1 Å². The van der Waals surface area contributed by atoms with Gasteiger partial charge in [-0.15, -0.1) is 0 Å². The fourth-order valence-corrected chi connectivity index (χ4v) is 1.54. The number of rotatable bonds is 7. The van der Waals surface area contributed by atoms with Gasteiger partial charge < -0.3 is 10.1 Å². The van der Waals surface area contributed by atoms with Gasteiger partial charge >= 0.3 is 6.18 Å². The second-order valence-electron chi connectivity index (χ2n) is 4.11. The van der Waals surface area contributed by atoms with Crippen LogP contribution in [0.3, 0.4) is 0 Å². The third-order valence-electron chi connectivity index (χ3n) is 2.48.